The first-order valence-electron chi connectivity index (χ1n) is 15.4. The molecule has 1 atom stereocenters. The molecule has 0 N–H and O–H groups in total. The molecule has 2 aromatic rings. The van der Waals surface area contributed by atoms with Gasteiger partial charge in [0.25, 0.3) is 0 Å². The van der Waals surface area contributed by atoms with Crippen molar-refractivity contribution in [3.8, 4) is 11.5 Å². The zero-order valence-electron chi connectivity index (χ0n) is 24.5. The molecular weight excluding hydrogens is 488 g/mol. The molecule has 0 aliphatic carbocycles. The van der Waals surface area contributed by atoms with Crippen molar-refractivity contribution >= 4 is 5.97 Å². The van der Waals surface area contributed by atoms with Crippen LogP contribution >= 0.6 is 0 Å². The molecule has 2 aromatic carbocycles. The minimum absolute atomic E-state index is 0.379. The fraction of sp³-hybridized carbons (Fsp3) is 0.618. The normalized spacial score (nSPS) is 18.0. The Bertz CT molecular complexity index is 916. The van der Waals surface area contributed by atoms with Crippen molar-refractivity contribution in [2.45, 2.75) is 104 Å². The van der Waals surface area contributed by atoms with Gasteiger partial charge in [0.2, 0.25) is 0 Å². The Hall–Kier alpha value is -2.37. The van der Waals surface area contributed by atoms with Gasteiger partial charge in [-0.05, 0) is 55.2 Å². The Balaban J connectivity index is 1.31. The maximum atomic E-state index is 12.6. The topological polar surface area (TPSA) is 54.0 Å². The lowest BCUT2D eigenvalue weighted by Crippen LogP contribution is -2.28. The molecule has 1 heterocycles. The number of hydrogen-bond donors (Lipinski definition) is 0. The highest BCUT2D eigenvalue weighted by atomic mass is 16.7. The van der Waals surface area contributed by atoms with Crippen LogP contribution < -0.4 is 9.47 Å². The predicted octanol–water partition coefficient (Wildman–Crippen LogP) is 9.30. The number of unbranched alkanes of at least 4 members (excludes halogenated alkanes) is 9. The van der Waals surface area contributed by atoms with Gasteiger partial charge < -0.3 is 18.9 Å². The minimum Gasteiger partial charge on any atom is -0.494 e. The molecule has 1 aliphatic rings. The monoisotopic (exact) mass is 538 g/mol. The van der Waals surface area contributed by atoms with Crippen molar-refractivity contribution in [2.24, 2.45) is 11.8 Å². The van der Waals surface area contributed by atoms with E-state index in [2.05, 4.69) is 20.8 Å². The number of esters is 1. The number of carbonyl (C=O) groups is 1. The summed E-state index contributed by atoms with van der Waals surface area (Å²) in [5, 5.41) is 0. The average molecular weight is 539 g/mol. The molecule has 0 aromatic heterocycles. The lowest BCUT2D eigenvalue weighted by Gasteiger charge is -2.30. The summed E-state index contributed by atoms with van der Waals surface area (Å²) in [6, 6.07) is 14.5. The van der Waals surface area contributed by atoms with Gasteiger partial charge in [0.05, 0.1) is 25.4 Å². The summed E-state index contributed by atoms with van der Waals surface area (Å²) in [5.41, 5.74) is 1.41. The van der Waals surface area contributed by atoms with E-state index in [0.29, 0.717) is 36.4 Å². The van der Waals surface area contributed by atoms with E-state index in [1.807, 2.05) is 24.3 Å². The third kappa shape index (κ3) is 11.7. The van der Waals surface area contributed by atoms with Gasteiger partial charge >= 0.3 is 5.97 Å². The molecule has 0 spiro atoms. The molecule has 1 saturated heterocycles. The van der Waals surface area contributed by atoms with Crippen LogP contribution in [-0.4, -0.2) is 25.8 Å². The molecule has 0 saturated carbocycles. The summed E-state index contributed by atoms with van der Waals surface area (Å²) < 4.78 is 23.3. The zero-order chi connectivity index (χ0) is 27.7. The SMILES string of the molecule is CCCCCCCCCCCCOc1ccc(OC(=O)c2ccc(C3OCC(CC(C)CC)CO3)cc2)cc1. The second-order valence-corrected chi connectivity index (χ2v) is 11.1. The van der Waals surface area contributed by atoms with E-state index in [-0.39, 0.29) is 12.3 Å². The molecule has 5 nitrogen and oxygen atoms in total. The predicted molar refractivity (Wildman–Crippen MR) is 157 cm³/mol. The number of hydrogen-bond acceptors (Lipinski definition) is 5. The van der Waals surface area contributed by atoms with Gasteiger partial charge in [-0.15, -0.1) is 0 Å². The van der Waals surface area contributed by atoms with Gasteiger partial charge in [0.1, 0.15) is 11.5 Å². The summed E-state index contributed by atoms with van der Waals surface area (Å²) in [6.07, 6.45) is 15.0. The highest BCUT2D eigenvalue weighted by Gasteiger charge is 2.24. The van der Waals surface area contributed by atoms with Crippen LogP contribution in [0, 0.1) is 11.8 Å². The van der Waals surface area contributed by atoms with Crippen molar-refractivity contribution in [1.29, 1.82) is 0 Å². The standard InChI is InChI=1S/C34H50O5/c1-4-6-7-8-9-10-11-12-13-14-23-36-31-19-21-32(22-20-31)39-33(35)29-15-17-30(18-16-29)34-37-25-28(26-38-34)24-27(3)5-2/h15-22,27-28,34H,4-14,23-26H2,1-3H3. The van der Waals surface area contributed by atoms with Gasteiger partial charge in [-0.2, -0.15) is 0 Å². The van der Waals surface area contributed by atoms with E-state index in [1.165, 1.54) is 64.2 Å². The maximum absolute atomic E-state index is 12.6. The van der Waals surface area contributed by atoms with Crippen LogP contribution in [0.25, 0.3) is 0 Å². The van der Waals surface area contributed by atoms with Crippen LogP contribution in [0.4, 0.5) is 0 Å². The Kier molecular flexibility index (Phi) is 14.4. The van der Waals surface area contributed by atoms with Gasteiger partial charge in [0.15, 0.2) is 6.29 Å². The van der Waals surface area contributed by atoms with Crippen molar-refractivity contribution in [3.05, 3.63) is 59.7 Å². The summed E-state index contributed by atoms with van der Waals surface area (Å²) in [5.74, 6) is 2.04. The molecule has 0 amide bonds. The fourth-order valence-electron chi connectivity index (χ4n) is 4.93. The van der Waals surface area contributed by atoms with E-state index in [1.54, 1.807) is 24.3 Å². The molecule has 0 radical (unpaired) electrons. The summed E-state index contributed by atoms with van der Waals surface area (Å²) in [4.78, 5) is 12.6. The van der Waals surface area contributed by atoms with Crippen molar-refractivity contribution in [3.63, 3.8) is 0 Å². The van der Waals surface area contributed by atoms with Gasteiger partial charge in [-0.1, -0.05) is 97.1 Å². The van der Waals surface area contributed by atoms with Gasteiger partial charge in [0, 0.05) is 11.5 Å². The lowest BCUT2D eigenvalue weighted by molar-refractivity contribution is -0.207. The molecular formula is C34H50O5. The van der Waals surface area contributed by atoms with E-state index in [4.69, 9.17) is 18.9 Å². The van der Waals surface area contributed by atoms with Gasteiger partial charge in [-0.25, -0.2) is 4.79 Å². The number of ether oxygens (including phenoxy) is 4. The number of rotatable bonds is 18. The molecule has 0 bridgehead atoms. The number of carbonyl (C=O) groups excluding carboxylic acids is 1. The van der Waals surface area contributed by atoms with Crippen LogP contribution in [0.1, 0.15) is 120 Å². The molecule has 1 unspecified atom stereocenters. The highest BCUT2D eigenvalue weighted by molar-refractivity contribution is 5.91. The second kappa shape index (κ2) is 18.1. The molecule has 1 aliphatic heterocycles. The van der Waals surface area contributed by atoms with Crippen molar-refractivity contribution in [1.82, 2.24) is 0 Å². The van der Waals surface area contributed by atoms with Crippen LogP contribution in [0.15, 0.2) is 48.5 Å². The summed E-state index contributed by atoms with van der Waals surface area (Å²) in [6.45, 7) is 8.88. The van der Waals surface area contributed by atoms with Crippen LogP contribution in [0.5, 0.6) is 11.5 Å². The molecule has 1 fully saturated rings. The fourth-order valence-corrected chi connectivity index (χ4v) is 4.93. The third-order valence-electron chi connectivity index (χ3n) is 7.62. The molecule has 5 heteroatoms. The third-order valence-corrected chi connectivity index (χ3v) is 7.62. The minimum atomic E-state index is -0.389. The second-order valence-electron chi connectivity index (χ2n) is 11.1. The van der Waals surface area contributed by atoms with Crippen molar-refractivity contribution in [2.75, 3.05) is 19.8 Å². The Morgan fingerprint density at radius 1 is 0.795 bits per heavy atom. The number of benzene rings is 2. The van der Waals surface area contributed by atoms with Crippen LogP contribution in [0.3, 0.4) is 0 Å². The summed E-state index contributed by atoms with van der Waals surface area (Å²) >= 11 is 0. The van der Waals surface area contributed by atoms with Crippen LogP contribution in [0.2, 0.25) is 0 Å². The largest absolute Gasteiger partial charge is 0.494 e. The first kappa shape index (κ1) is 31.2. The Morgan fingerprint density at radius 3 is 1.95 bits per heavy atom. The molecule has 216 valence electrons. The maximum Gasteiger partial charge on any atom is 0.343 e. The Morgan fingerprint density at radius 2 is 1.36 bits per heavy atom. The highest BCUT2D eigenvalue weighted by Crippen LogP contribution is 2.29. The van der Waals surface area contributed by atoms with E-state index >= 15 is 0 Å². The molecule has 39 heavy (non-hydrogen) atoms. The lowest BCUT2D eigenvalue weighted by atomic mass is 9.94. The smallest absolute Gasteiger partial charge is 0.343 e. The van der Waals surface area contributed by atoms with E-state index < -0.39 is 0 Å². The quantitative estimate of drug-likeness (QED) is 0.107. The Labute approximate surface area is 236 Å². The first-order chi connectivity index (χ1) is 19.1. The van der Waals surface area contributed by atoms with E-state index in [0.717, 1.165) is 30.8 Å². The van der Waals surface area contributed by atoms with E-state index in [9.17, 15) is 4.79 Å². The van der Waals surface area contributed by atoms with Crippen LogP contribution in [-0.2, 0) is 9.47 Å². The van der Waals surface area contributed by atoms with Gasteiger partial charge in [-0.3, -0.25) is 0 Å². The average Bonchev–Trinajstić information content (AvgIpc) is 2.97. The zero-order valence-corrected chi connectivity index (χ0v) is 24.5. The van der Waals surface area contributed by atoms with Crippen molar-refractivity contribution < 1.29 is 23.7 Å². The first-order valence-corrected chi connectivity index (χ1v) is 15.4. The molecule has 3 rings (SSSR count). The summed E-state index contributed by atoms with van der Waals surface area (Å²) in [7, 11) is 0.